The van der Waals surface area contributed by atoms with Gasteiger partial charge in [-0.2, -0.15) is 0 Å². The first-order valence-corrected chi connectivity index (χ1v) is 8.59. The van der Waals surface area contributed by atoms with Crippen molar-refractivity contribution in [1.82, 2.24) is 0 Å². The summed E-state index contributed by atoms with van der Waals surface area (Å²) in [7, 11) is 1.85. The smallest absolute Gasteiger partial charge is 0.350 e. The molecule has 0 fully saturated rings. The van der Waals surface area contributed by atoms with Gasteiger partial charge in [0, 0.05) is 18.3 Å². The first kappa shape index (κ1) is 16.3. The van der Waals surface area contributed by atoms with Gasteiger partial charge >= 0.3 is 5.97 Å². The van der Waals surface area contributed by atoms with E-state index in [0.717, 1.165) is 16.8 Å². The molecule has 0 radical (unpaired) electrons. The third-order valence-corrected chi connectivity index (χ3v) is 5.22. The summed E-state index contributed by atoms with van der Waals surface area (Å²) in [6.07, 6.45) is 0. The number of hydrogen-bond acceptors (Lipinski definition) is 4. The normalized spacial score (nSPS) is 20.9. The summed E-state index contributed by atoms with van der Waals surface area (Å²) in [6, 6.07) is 16.4. The summed E-state index contributed by atoms with van der Waals surface area (Å²) in [6.45, 7) is 0.253. The lowest BCUT2D eigenvalue weighted by Crippen LogP contribution is -2.55. The van der Waals surface area contributed by atoms with Crippen LogP contribution in [0.2, 0.25) is 0 Å². The number of carbonyl (C=O) groups excluding carboxylic acids is 1. The van der Waals surface area contributed by atoms with Gasteiger partial charge in [0.15, 0.2) is 0 Å². The maximum atomic E-state index is 12.5. The summed E-state index contributed by atoms with van der Waals surface area (Å²) >= 11 is 12.9. The Balaban J connectivity index is 1.87. The molecule has 2 aromatic rings. The van der Waals surface area contributed by atoms with E-state index < -0.39 is 16.3 Å². The number of anilines is 1. The van der Waals surface area contributed by atoms with Crippen molar-refractivity contribution in [1.29, 1.82) is 0 Å². The first-order chi connectivity index (χ1) is 12.0. The number of likely N-dealkylation sites (N-methyl/N-ethyl adjacent to an activating group) is 1. The van der Waals surface area contributed by atoms with Crippen LogP contribution in [0.4, 0.5) is 5.69 Å². The second-order valence-corrected chi connectivity index (χ2v) is 7.39. The summed E-state index contributed by atoms with van der Waals surface area (Å²) < 4.78 is 9.63. The number of para-hydroxylation sites is 2. The Labute approximate surface area is 155 Å². The zero-order chi connectivity index (χ0) is 17.6. The topological polar surface area (TPSA) is 38.8 Å². The molecule has 1 atom stereocenters. The molecule has 1 unspecified atom stereocenters. The predicted octanol–water partition coefficient (Wildman–Crippen LogP) is 4.03. The number of rotatable bonds is 2. The van der Waals surface area contributed by atoms with Crippen LogP contribution in [0.15, 0.2) is 60.2 Å². The SMILES string of the molecule is CN(c1ccccc1)C1C2=C(OC(=O)C1(Cl)Cl)c1ccccc1OC2. The van der Waals surface area contributed by atoms with Crippen molar-refractivity contribution in [3.8, 4) is 5.75 Å². The molecule has 2 heterocycles. The van der Waals surface area contributed by atoms with Gasteiger partial charge in [-0.15, -0.1) is 0 Å². The highest BCUT2D eigenvalue weighted by Gasteiger charge is 2.54. The quantitative estimate of drug-likeness (QED) is 0.586. The van der Waals surface area contributed by atoms with Crippen LogP contribution in [-0.4, -0.2) is 30.0 Å². The molecule has 25 heavy (non-hydrogen) atoms. The number of fused-ring (bicyclic) bond motifs is 2. The monoisotopic (exact) mass is 375 g/mol. The Kier molecular flexibility index (Phi) is 3.89. The molecule has 0 saturated heterocycles. The Morgan fingerprint density at radius 3 is 2.52 bits per heavy atom. The number of nitrogens with zero attached hydrogens (tertiary/aromatic N) is 1. The second-order valence-electron chi connectivity index (χ2n) is 6.00. The lowest BCUT2D eigenvalue weighted by atomic mass is 9.93. The van der Waals surface area contributed by atoms with Crippen LogP contribution in [0.5, 0.6) is 5.75 Å². The minimum Gasteiger partial charge on any atom is -0.488 e. The van der Waals surface area contributed by atoms with E-state index in [2.05, 4.69) is 0 Å². The van der Waals surface area contributed by atoms with Gasteiger partial charge in [0.25, 0.3) is 0 Å². The molecular formula is C19H15Cl2NO3. The molecule has 2 aliphatic heterocycles. The number of hydrogen-bond donors (Lipinski definition) is 0. The Morgan fingerprint density at radius 1 is 1.08 bits per heavy atom. The molecule has 0 spiro atoms. The molecule has 0 aromatic heterocycles. The van der Waals surface area contributed by atoms with Crippen LogP contribution >= 0.6 is 23.2 Å². The van der Waals surface area contributed by atoms with Crippen LogP contribution in [0, 0.1) is 0 Å². The number of benzene rings is 2. The molecule has 0 aliphatic carbocycles. The standard InChI is InChI=1S/C19H15Cl2NO3/c1-22(12-7-3-2-4-8-12)17-14-11-24-15-10-6-5-9-13(15)16(14)25-18(23)19(17,20)21/h2-10,17H,11H2,1H3. The van der Waals surface area contributed by atoms with Crippen molar-refractivity contribution in [2.24, 2.45) is 0 Å². The minimum absolute atomic E-state index is 0.253. The zero-order valence-electron chi connectivity index (χ0n) is 13.4. The van der Waals surface area contributed by atoms with E-state index in [1.807, 2.05) is 66.5 Å². The van der Waals surface area contributed by atoms with E-state index in [-0.39, 0.29) is 6.61 Å². The largest absolute Gasteiger partial charge is 0.488 e. The fourth-order valence-electron chi connectivity index (χ4n) is 3.28. The fourth-order valence-corrected chi connectivity index (χ4v) is 3.91. The molecule has 4 rings (SSSR count). The van der Waals surface area contributed by atoms with Crippen molar-refractivity contribution < 1.29 is 14.3 Å². The third kappa shape index (κ3) is 2.57. The van der Waals surface area contributed by atoms with E-state index in [9.17, 15) is 4.79 Å². The number of alkyl halides is 2. The van der Waals surface area contributed by atoms with Crippen molar-refractivity contribution in [3.63, 3.8) is 0 Å². The van der Waals surface area contributed by atoms with Crippen molar-refractivity contribution in [3.05, 3.63) is 65.7 Å². The number of carbonyl (C=O) groups is 1. The zero-order valence-corrected chi connectivity index (χ0v) is 14.9. The molecule has 2 aromatic carbocycles. The molecule has 0 saturated carbocycles. The molecule has 0 bridgehead atoms. The molecule has 2 aliphatic rings. The van der Waals surface area contributed by atoms with Crippen molar-refractivity contribution in [2.75, 3.05) is 18.6 Å². The predicted molar refractivity (Wildman–Crippen MR) is 98.0 cm³/mol. The van der Waals surface area contributed by atoms with E-state index >= 15 is 0 Å². The summed E-state index contributed by atoms with van der Waals surface area (Å²) in [5, 5.41) is 0. The summed E-state index contributed by atoms with van der Waals surface area (Å²) in [4.78, 5) is 14.4. The van der Waals surface area contributed by atoms with Gasteiger partial charge < -0.3 is 14.4 Å². The van der Waals surface area contributed by atoms with E-state index in [0.29, 0.717) is 11.5 Å². The first-order valence-electron chi connectivity index (χ1n) is 7.83. The van der Waals surface area contributed by atoms with Gasteiger partial charge in [-0.3, -0.25) is 0 Å². The lowest BCUT2D eigenvalue weighted by Gasteiger charge is -2.43. The highest BCUT2D eigenvalue weighted by Crippen LogP contribution is 2.47. The molecule has 4 nitrogen and oxygen atoms in total. The average Bonchev–Trinajstić information content (AvgIpc) is 2.63. The maximum Gasteiger partial charge on any atom is 0.350 e. The van der Waals surface area contributed by atoms with Crippen molar-refractivity contribution >= 4 is 40.6 Å². The van der Waals surface area contributed by atoms with Crippen molar-refractivity contribution in [2.45, 2.75) is 10.4 Å². The molecule has 128 valence electrons. The fraction of sp³-hybridized carbons (Fsp3) is 0.211. The van der Waals surface area contributed by atoms with Gasteiger partial charge in [0.1, 0.15) is 24.2 Å². The summed E-state index contributed by atoms with van der Waals surface area (Å²) in [5.41, 5.74) is 2.36. The number of halogens is 2. The maximum absolute atomic E-state index is 12.5. The molecular weight excluding hydrogens is 361 g/mol. The Hall–Kier alpha value is -2.17. The molecule has 0 amide bonds. The second kappa shape index (κ2) is 5.97. The average molecular weight is 376 g/mol. The van der Waals surface area contributed by atoms with Gasteiger partial charge in [0.2, 0.25) is 4.33 Å². The Morgan fingerprint density at radius 2 is 1.76 bits per heavy atom. The summed E-state index contributed by atoms with van der Waals surface area (Å²) in [5.74, 6) is 0.474. The molecule has 6 heteroatoms. The minimum atomic E-state index is -1.74. The Bertz CT molecular complexity index is 864. The number of ether oxygens (including phenoxy) is 2. The highest BCUT2D eigenvalue weighted by atomic mass is 35.5. The van der Waals surface area contributed by atoms with E-state index in [1.54, 1.807) is 0 Å². The van der Waals surface area contributed by atoms with E-state index in [1.165, 1.54) is 0 Å². The highest BCUT2D eigenvalue weighted by molar-refractivity contribution is 6.59. The molecule has 0 N–H and O–H groups in total. The van der Waals surface area contributed by atoms with Crippen LogP contribution in [0.3, 0.4) is 0 Å². The van der Waals surface area contributed by atoms with Crippen LogP contribution in [0.25, 0.3) is 5.76 Å². The van der Waals surface area contributed by atoms with E-state index in [4.69, 9.17) is 32.7 Å². The third-order valence-electron chi connectivity index (χ3n) is 4.50. The van der Waals surface area contributed by atoms with Crippen LogP contribution < -0.4 is 9.64 Å². The van der Waals surface area contributed by atoms with Gasteiger partial charge in [-0.1, -0.05) is 53.5 Å². The number of esters is 1. The van der Waals surface area contributed by atoms with Gasteiger partial charge in [-0.25, -0.2) is 4.79 Å². The van der Waals surface area contributed by atoms with Gasteiger partial charge in [-0.05, 0) is 24.3 Å². The van der Waals surface area contributed by atoms with Crippen LogP contribution in [-0.2, 0) is 9.53 Å². The van der Waals surface area contributed by atoms with Gasteiger partial charge in [0.05, 0.1) is 5.56 Å². The van der Waals surface area contributed by atoms with Crippen LogP contribution in [0.1, 0.15) is 5.56 Å². The lowest BCUT2D eigenvalue weighted by molar-refractivity contribution is -0.138.